The van der Waals surface area contributed by atoms with Gasteiger partial charge in [-0.2, -0.15) is 0 Å². The molecule has 1 aromatic carbocycles. The normalized spacial score (nSPS) is 20.2. The zero-order valence-corrected chi connectivity index (χ0v) is 9.14. The van der Waals surface area contributed by atoms with E-state index in [2.05, 4.69) is 17.4 Å². The lowest BCUT2D eigenvalue weighted by Gasteiger charge is -2.11. The average Bonchev–Trinajstić information content (AvgIpc) is 2.71. The lowest BCUT2D eigenvalue weighted by atomic mass is 10.1. The molecule has 0 saturated carbocycles. The second-order valence-corrected chi connectivity index (χ2v) is 3.43. The maximum atomic E-state index is 5.19. The van der Waals surface area contributed by atoms with Crippen LogP contribution >= 0.6 is 12.4 Å². The van der Waals surface area contributed by atoms with Gasteiger partial charge >= 0.3 is 0 Å². The molecule has 1 fully saturated rings. The van der Waals surface area contributed by atoms with Crippen LogP contribution in [0, 0.1) is 0 Å². The third-order valence-corrected chi connectivity index (χ3v) is 2.56. The molecule has 0 aromatic heterocycles. The molecule has 1 N–H and O–H groups in total. The number of halogens is 1. The summed E-state index contributed by atoms with van der Waals surface area (Å²) in [6.07, 6.45) is 2.52. The van der Waals surface area contributed by atoms with E-state index in [-0.39, 0.29) is 12.4 Å². The number of methoxy groups -OCH3 is 1. The maximum absolute atomic E-state index is 5.19. The van der Waals surface area contributed by atoms with Crippen LogP contribution in [0.15, 0.2) is 24.3 Å². The highest BCUT2D eigenvalue weighted by Crippen LogP contribution is 2.25. The summed E-state index contributed by atoms with van der Waals surface area (Å²) >= 11 is 0. The molecule has 1 atom stereocenters. The van der Waals surface area contributed by atoms with Crippen molar-refractivity contribution in [2.24, 2.45) is 0 Å². The predicted molar refractivity (Wildman–Crippen MR) is 60.2 cm³/mol. The molecule has 1 heterocycles. The third-order valence-electron chi connectivity index (χ3n) is 2.56. The molecule has 2 rings (SSSR count). The van der Waals surface area contributed by atoms with Crippen molar-refractivity contribution in [3.05, 3.63) is 29.8 Å². The monoisotopic (exact) mass is 213 g/mol. The highest BCUT2D eigenvalue weighted by molar-refractivity contribution is 5.85. The van der Waals surface area contributed by atoms with Crippen molar-refractivity contribution < 1.29 is 4.74 Å². The summed E-state index contributed by atoms with van der Waals surface area (Å²) in [4.78, 5) is 0. The fourth-order valence-electron chi connectivity index (χ4n) is 1.83. The van der Waals surface area contributed by atoms with E-state index in [4.69, 9.17) is 4.74 Å². The van der Waals surface area contributed by atoms with Gasteiger partial charge < -0.3 is 10.1 Å². The fraction of sp³-hybridized carbons (Fsp3) is 0.455. The van der Waals surface area contributed by atoms with E-state index in [0.29, 0.717) is 6.04 Å². The standard InChI is InChI=1S/C11H15NO.ClH/c1-13-10-5-2-4-9(8-10)11-6-3-7-12-11;/h2,4-5,8,11-12H,3,6-7H2,1H3;1H. The molecule has 78 valence electrons. The van der Waals surface area contributed by atoms with Gasteiger partial charge in [0.15, 0.2) is 0 Å². The summed E-state index contributed by atoms with van der Waals surface area (Å²) < 4.78 is 5.19. The SMILES string of the molecule is COc1cccc(C2CCCN2)c1.Cl. The van der Waals surface area contributed by atoms with Crippen LogP contribution in [0.3, 0.4) is 0 Å². The van der Waals surface area contributed by atoms with Gasteiger partial charge in [-0.15, -0.1) is 12.4 Å². The van der Waals surface area contributed by atoms with Gasteiger partial charge in [0.05, 0.1) is 7.11 Å². The Morgan fingerprint density at radius 3 is 2.93 bits per heavy atom. The molecule has 0 amide bonds. The largest absolute Gasteiger partial charge is 0.497 e. The molecule has 1 saturated heterocycles. The van der Waals surface area contributed by atoms with Crippen LogP contribution in [0.25, 0.3) is 0 Å². The minimum absolute atomic E-state index is 0. The first kappa shape index (κ1) is 11.3. The van der Waals surface area contributed by atoms with Crippen molar-refractivity contribution in [3.8, 4) is 5.75 Å². The van der Waals surface area contributed by atoms with Gasteiger partial charge in [-0.3, -0.25) is 0 Å². The van der Waals surface area contributed by atoms with E-state index in [9.17, 15) is 0 Å². The molecule has 0 spiro atoms. The first-order valence-corrected chi connectivity index (χ1v) is 4.77. The molecular formula is C11H16ClNO. The first-order chi connectivity index (χ1) is 6.40. The van der Waals surface area contributed by atoms with Crippen LogP contribution in [0.4, 0.5) is 0 Å². The van der Waals surface area contributed by atoms with E-state index in [1.807, 2.05) is 12.1 Å². The van der Waals surface area contributed by atoms with Crippen molar-refractivity contribution in [1.82, 2.24) is 5.32 Å². The fourth-order valence-corrected chi connectivity index (χ4v) is 1.83. The van der Waals surface area contributed by atoms with Crippen LogP contribution in [-0.4, -0.2) is 13.7 Å². The van der Waals surface area contributed by atoms with E-state index in [1.165, 1.54) is 18.4 Å². The lowest BCUT2D eigenvalue weighted by Crippen LogP contribution is -2.12. The summed E-state index contributed by atoms with van der Waals surface area (Å²) in [7, 11) is 1.71. The minimum Gasteiger partial charge on any atom is -0.497 e. The van der Waals surface area contributed by atoms with Gasteiger partial charge in [0, 0.05) is 6.04 Å². The molecule has 0 radical (unpaired) electrons. The van der Waals surface area contributed by atoms with Crippen molar-refractivity contribution in [1.29, 1.82) is 0 Å². The number of hydrogen-bond donors (Lipinski definition) is 1. The van der Waals surface area contributed by atoms with Gasteiger partial charge in [-0.25, -0.2) is 0 Å². The van der Waals surface area contributed by atoms with Gasteiger partial charge in [-0.05, 0) is 37.1 Å². The Morgan fingerprint density at radius 2 is 2.29 bits per heavy atom. The highest BCUT2D eigenvalue weighted by Gasteiger charge is 2.15. The summed E-state index contributed by atoms with van der Waals surface area (Å²) in [5.41, 5.74) is 1.34. The quantitative estimate of drug-likeness (QED) is 0.816. The van der Waals surface area contributed by atoms with Crippen molar-refractivity contribution in [2.45, 2.75) is 18.9 Å². The number of nitrogens with one attached hydrogen (secondary N) is 1. The van der Waals surface area contributed by atoms with Crippen molar-refractivity contribution in [2.75, 3.05) is 13.7 Å². The second kappa shape index (κ2) is 5.23. The second-order valence-electron chi connectivity index (χ2n) is 3.43. The Balaban J connectivity index is 0.000000980. The molecule has 1 aliphatic rings. The van der Waals surface area contributed by atoms with Gasteiger partial charge in [0.25, 0.3) is 0 Å². The maximum Gasteiger partial charge on any atom is 0.119 e. The lowest BCUT2D eigenvalue weighted by molar-refractivity contribution is 0.413. The van der Waals surface area contributed by atoms with Crippen LogP contribution in [0.1, 0.15) is 24.4 Å². The highest BCUT2D eigenvalue weighted by atomic mass is 35.5. The zero-order valence-electron chi connectivity index (χ0n) is 8.32. The van der Waals surface area contributed by atoms with Gasteiger partial charge in [-0.1, -0.05) is 12.1 Å². The molecule has 14 heavy (non-hydrogen) atoms. The van der Waals surface area contributed by atoms with Gasteiger partial charge in [0.2, 0.25) is 0 Å². The Hall–Kier alpha value is -0.730. The molecular weight excluding hydrogens is 198 g/mol. The smallest absolute Gasteiger partial charge is 0.119 e. The summed E-state index contributed by atoms with van der Waals surface area (Å²) in [5, 5.41) is 3.47. The summed E-state index contributed by atoms with van der Waals surface area (Å²) in [6.45, 7) is 1.14. The molecule has 3 heteroatoms. The Labute approximate surface area is 91.1 Å². The molecule has 2 nitrogen and oxygen atoms in total. The molecule has 1 aromatic rings. The Bertz CT molecular complexity index is 284. The summed E-state index contributed by atoms with van der Waals surface area (Å²) in [6, 6.07) is 8.84. The Kier molecular flexibility index (Phi) is 4.23. The van der Waals surface area contributed by atoms with Gasteiger partial charge in [0.1, 0.15) is 5.75 Å². The zero-order chi connectivity index (χ0) is 9.10. The molecule has 0 bridgehead atoms. The van der Waals surface area contributed by atoms with Crippen molar-refractivity contribution in [3.63, 3.8) is 0 Å². The molecule has 0 aliphatic carbocycles. The Morgan fingerprint density at radius 1 is 1.43 bits per heavy atom. The van der Waals surface area contributed by atoms with Crippen LogP contribution in [0.2, 0.25) is 0 Å². The first-order valence-electron chi connectivity index (χ1n) is 4.77. The summed E-state index contributed by atoms with van der Waals surface area (Å²) in [5.74, 6) is 0.950. The van der Waals surface area contributed by atoms with E-state index < -0.39 is 0 Å². The van der Waals surface area contributed by atoms with Crippen LogP contribution < -0.4 is 10.1 Å². The average molecular weight is 214 g/mol. The number of benzene rings is 1. The molecule has 1 aliphatic heterocycles. The number of hydrogen-bond acceptors (Lipinski definition) is 2. The van der Waals surface area contributed by atoms with Crippen LogP contribution in [-0.2, 0) is 0 Å². The topological polar surface area (TPSA) is 21.3 Å². The van der Waals surface area contributed by atoms with Crippen LogP contribution in [0.5, 0.6) is 5.75 Å². The van der Waals surface area contributed by atoms with E-state index in [1.54, 1.807) is 7.11 Å². The minimum atomic E-state index is 0. The predicted octanol–water partition coefficient (Wildman–Crippen LogP) is 2.54. The number of ether oxygens (including phenoxy) is 1. The van der Waals surface area contributed by atoms with E-state index in [0.717, 1.165) is 12.3 Å². The number of rotatable bonds is 2. The van der Waals surface area contributed by atoms with E-state index >= 15 is 0 Å². The third kappa shape index (κ3) is 2.40. The molecule has 1 unspecified atom stereocenters. The van der Waals surface area contributed by atoms with Crippen molar-refractivity contribution >= 4 is 12.4 Å².